The fraction of sp³-hybridized carbons (Fsp3) is 1.00. The van der Waals surface area contributed by atoms with Gasteiger partial charge in [-0.15, -0.1) is 0 Å². The maximum atomic E-state index is 5.37. The molecule has 0 aromatic carbocycles. The molecule has 136 valence electrons. The zero-order chi connectivity index (χ0) is 16.2. The first kappa shape index (κ1) is 24.6. The predicted molar refractivity (Wildman–Crippen MR) is 96.6 cm³/mol. The zero-order valence-corrected chi connectivity index (χ0v) is 16.2. The van der Waals surface area contributed by atoms with Gasteiger partial charge in [-0.3, -0.25) is 0 Å². The van der Waals surface area contributed by atoms with E-state index in [1.807, 2.05) is 0 Å². The van der Waals surface area contributed by atoms with Gasteiger partial charge in [0, 0.05) is 54.7 Å². The van der Waals surface area contributed by atoms with Crippen molar-refractivity contribution < 1.29 is 26.6 Å². The van der Waals surface area contributed by atoms with Crippen molar-refractivity contribution >= 4 is 28.6 Å². The van der Waals surface area contributed by atoms with Crippen molar-refractivity contribution in [2.45, 2.75) is 24.9 Å². The Morgan fingerprint density at radius 2 is 0.864 bits per heavy atom. The molecule has 0 saturated carbocycles. The molecule has 0 bridgehead atoms. The highest BCUT2D eigenvalue weighted by Gasteiger charge is 2.37. The van der Waals surface area contributed by atoms with E-state index in [0.29, 0.717) is 0 Å². The first-order valence-electron chi connectivity index (χ1n) is 7.09. The van der Waals surface area contributed by atoms with Gasteiger partial charge in [-0.25, -0.2) is 0 Å². The number of hydrogen-bond acceptors (Lipinski definition) is 7. The summed E-state index contributed by atoms with van der Waals surface area (Å²) in [6.07, 6.45) is 1.90. The van der Waals surface area contributed by atoms with E-state index >= 15 is 0 Å². The maximum Gasteiger partial charge on any atom is 0.500 e. The highest BCUT2D eigenvalue weighted by Crippen LogP contribution is 2.15. The van der Waals surface area contributed by atoms with E-state index in [0.717, 1.165) is 38.0 Å². The lowest BCUT2D eigenvalue weighted by Gasteiger charge is -2.25. The molecule has 0 atom stereocenters. The van der Waals surface area contributed by atoms with Crippen LogP contribution in [0.15, 0.2) is 0 Å². The van der Waals surface area contributed by atoms with Crippen molar-refractivity contribution in [2.24, 2.45) is 0 Å². The van der Waals surface area contributed by atoms with Crippen molar-refractivity contribution in [3.8, 4) is 0 Å². The minimum atomic E-state index is -2.43. The van der Waals surface area contributed by atoms with Crippen LogP contribution >= 0.6 is 0 Å². The number of nitrogens with one attached hydrogen (secondary N) is 1. The Balaban J connectivity index is 0. The largest absolute Gasteiger partial charge is 0.500 e. The minimum absolute atomic E-state index is 0. The molecule has 22 heavy (non-hydrogen) atoms. The average molecular weight is 374 g/mol. The third-order valence-electron chi connectivity index (χ3n) is 3.54. The number of hydrogen-bond donors (Lipinski definition) is 1. The molecule has 0 saturated heterocycles. The van der Waals surface area contributed by atoms with Gasteiger partial charge in [0.25, 0.3) is 0 Å². The fourth-order valence-electron chi connectivity index (χ4n) is 2.10. The molecule has 0 aliphatic heterocycles. The molecule has 0 aliphatic carbocycles. The Morgan fingerprint density at radius 3 is 1.09 bits per heavy atom. The maximum absolute atomic E-state index is 5.37. The van der Waals surface area contributed by atoms with Crippen LogP contribution in [0.5, 0.6) is 0 Å². The first-order chi connectivity index (χ1) is 10.1. The first-order valence-corrected chi connectivity index (χ1v) is 11.0. The molecule has 0 radical (unpaired) electrons. The Hall–Kier alpha value is 0.371. The Labute approximate surface area is 141 Å². The molecule has 0 aromatic rings. The third-order valence-corrected chi connectivity index (χ3v) is 9.20. The topological polar surface area (TPSA) is 67.4 Å². The van der Waals surface area contributed by atoms with Crippen LogP contribution in [0.1, 0.15) is 12.8 Å². The highest BCUT2D eigenvalue weighted by molar-refractivity contribution is 6.60. The summed E-state index contributed by atoms with van der Waals surface area (Å²) in [6.45, 7) is 1.79. The van der Waals surface area contributed by atoms with Gasteiger partial charge in [0.2, 0.25) is 0 Å². The predicted octanol–water partition coefficient (Wildman–Crippen LogP) is -0.339. The van der Waals surface area contributed by atoms with E-state index in [1.54, 1.807) is 42.7 Å². The molecule has 0 heterocycles. The van der Waals surface area contributed by atoms with Crippen LogP contribution in [0.3, 0.4) is 0 Å². The van der Waals surface area contributed by atoms with Crippen LogP contribution in [-0.2, 0) is 26.6 Å². The van der Waals surface area contributed by atoms with Crippen LogP contribution in [0.25, 0.3) is 0 Å². The summed E-state index contributed by atoms with van der Waals surface area (Å²) < 4.78 is 32.2. The SMILES string of the molecule is CO[Si](CCCNCCC[Si](OC)(OC)OC)(OC)OC.[SiH4]. The molecule has 0 fully saturated rings. The van der Waals surface area contributed by atoms with Gasteiger partial charge >= 0.3 is 17.6 Å². The summed E-state index contributed by atoms with van der Waals surface area (Å²) in [5, 5.41) is 3.39. The van der Waals surface area contributed by atoms with Crippen molar-refractivity contribution in [1.29, 1.82) is 0 Å². The standard InChI is InChI=1S/C12H31NO6Si2.H4Si/c1-14-20(15-2,16-3)11-7-9-13-10-8-12-21(17-4,18-5)19-6;/h13H,7-12H2,1-6H3;1H4. The van der Waals surface area contributed by atoms with Gasteiger partial charge in [-0.05, 0) is 36.9 Å². The zero-order valence-electron chi connectivity index (χ0n) is 14.2. The Bertz CT molecular complexity index is 214. The van der Waals surface area contributed by atoms with E-state index in [4.69, 9.17) is 26.6 Å². The lowest BCUT2D eigenvalue weighted by molar-refractivity contribution is 0.123. The molecule has 7 nitrogen and oxygen atoms in total. The molecular weight excluding hydrogens is 338 g/mol. The van der Waals surface area contributed by atoms with E-state index in [9.17, 15) is 0 Å². The Kier molecular flexibility index (Phi) is 15.4. The molecule has 0 amide bonds. The van der Waals surface area contributed by atoms with Crippen LogP contribution in [0.4, 0.5) is 0 Å². The van der Waals surface area contributed by atoms with Gasteiger partial charge in [0.1, 0.15) is 0 Å². The molecule has 0 aliphatic rings. The monoisotopic (exact) mass is 373 g/mol. The van der Waals surface area contributed by atoms with E-state index in [2.05, 4.69) is 5.32 Å². The molecule has 0 rings (SSSR count). The second-order valence-electron chi connectivity index (χ2n) is 4.55. The van der Waals surface area contributed by atoms with Gasteiger partial charge in [0.15, 0.2) is 0 Å². The molecule has 10 heteroatoms. The third kappa shape index (κ3) is 8.29. The molecule has 0 spiro atoms. The smallest absolute Gasteiger partial charge is 0.377 e. The second-order valence-corrected chi connectivity index (χ2v) is 10.7. The summed E-state index contributed by atoms with van der Waals surface area (Å²) in [5.41, 5.74) is 0. The number of rotatable bonds is 14. The molecule has 0 unspecified atom stereocenters. The summed E-state index contributed by atoms with van der Waals surface area (Å²) >= 11 is 0. The summed E-state index contributed by atoms with van der Waals surface area (Å²) in [5.74, 6) is 0. The summed E-state index contributed by atoms with van der Waals surface area (Å²) in [7, 11) is 4.96. The summed E-state index contributed by atoms with van der Waals surface area (Å²) in [4.78, 5) is 0. The van der Waals surface area contributed by atoms with Crippen LogP contribution in [-0.4, -0.2) is 84.3 Å². The molecular formula is C12H35NO6Si3. The van der Waals surface area contributed by atoms with E-state index in [-0.39, 0.29) is 11.0 Å². The molecule has 0 aromatic heterocycles. The fourth-order valence-corrected chi connectivity index (χ4v) is 5.54. The average Bonchev–Trinajstić information content (AvgIpc) is 2.55. The van der Waals surface area contributed by atoms with Crippen LogP contribution < -0.4 is 5.32 Å². The van der Waals surface area contributed by atoms with Gasteiger partial charge in [-0.2, -0.15) is 0 Å². The van der Waals surface area contributed by atoms with Crippen LogP contribution in [0, 0.1) is 0 Å². The Morgan fingerprint density at radius 1 is 0.591 bits per heavy atom. The normalized spacial score (nSPS) is 12.3. The van der Waals surface area contributed by atoms with Crippen molar-refractivity contribution in [1.82, 2.24) is 5.32 Å². The van der Waals surface area contributed by atoms with E-state index in [1.165, 1.54) is 0 Å². The highest BCUT2D eigenvalue weighted by atomic mass is 28.4. The second kappa shape index (κ2) is 13.8. The minimum Gasteiger partial charge on any atom is -0.377 e. The van der Waals surface area contributed by atoms with Gasteiger partial charge in [0.05, 0.1) is 0 Å². The lowest BCUT2D eigenvalue weighted by atomic mass is 10.4. The molecule has 1 N–H and O–H groups in total. The van der Waals surface area contributed by atoms with Crippen molar-refractivity contribution in [3.63, 3.8) is 0 Å². The van der Waals surface area contributed by atoms with Gasteiger partial charge in [-0.1, -0.05) is 0 Å². The quantitative estimate of drug-likeness (QED) is 0.330. The van der Waals surface area contributed by atoms with Gasteiger partial charge < -0.3 is 31.9 Å². The van der Waals surface area contributed by atoms with Crippen molar-refractivity contribution in [2.75, 3.05) is 55.7 Å². The summed E-state index contributed by atoms with van der Waals surface area (Å²) in [6, 6.07) is 1.60. The lowest BCUT2D eigenvalue weighted by Crippen LogP contribution is -2.43. The van der Waals surface area contributed by atoms with Crippen LogP contribution in [0.2, 0.25) is 12.1 Å². The van der Waals surface area contributed by atoms with E-state index < -0.39 is 17.6 Å². The van der Waals surface area contributed by atoms with Crippen molar-refractivity contribution in [3.05, 3.63) is 0 Å².